The Morgan fingerprint density at radius 3 is 1.03 bits per heavy atom. The molecule has 0 bridgehead atoms. The van der Waals surface area contributed by atoms with Crippen LogP contribution in [0.5, 0.6) is 0 Å². The highest BCUT2D eigenvalue weighted by molar-refractivity contribution is 6.51. The molecule has 2 aliphatic rings. The second-order valence-electron chi connectivity index (χ2n) is 13.3. The maximum atomic E-state index is 13.1. The number of hydrogen-bond acceptors (Lipinski definition) is 4. The smallest absolute Gasteiger partial charge is 0.207 e. The standard InChI is InChI=1S/C30H42N2O2/c1-27(2,3)19-15-21(29(7,8)9)25(33)23(17-19)31-13-14-32-24-18-20(28(4,5)6)16-22(26(24)34)30(10,11)12/h13-18H,1-12H3/b14-13+,31-23?,32-24?. The second kappa shape index (κ2) is 9.20. The zero-order valence-corrected chi connectivity index (χ0v) is 23.2. The molecule has 0 unspecified atom stereocenters. The number of rotatable bonds is 2. The molecular formula is C30H42N2O2. The Kier molecular flexibility index (Phi) is 7.48. The third-order valence-electron chi connectivity index (χ3n) is 5.98. The van der Waals surface area contributed by atoms with Crippen molar-refractivity contribution >= 4 is 23.0 Å². The molecule has 0 aromatic heterocycles. The van der Waals surface area contributed by atoms with Crippen LogP contribution in [0.15, 0.2) is 69.0 Å². The van der Waals surface area contributed by atoms with E-state index in [2.05, 4.69) is 51.5 Å². The quantitative estimate of drug-likeness (QED) is 0.402. The Hall–Kier alpha value is -2.62. The van der Waals surface area contributed by atoms with Gasteiger partial charge in [0.05, 0.1) is 0 Å². The lowest BCUT2D eigenvalue weighted by molar-refractivity contribution is -0.111. The van der Waals surface area contributed by atoms with Crippen LogP contribution in [-0.2, 0) is 9.59 Å². The van der Waals surface area contributed by atoms with Gasteiger partial charge in [0.25, 0.3) is 0 Å². The molecule has 2 aliphatic carbocycles. The molecule has 0 N–H and O–H groups in total. The maximum absolute atomic E-state index is 13.1. The van der Waals surface area contributed by atoms with Gasteiger partial charge in [0.15, 0.2) is 0 Å². The summed E-state index contributed by atoms with van der Waals surface area (Å²) >= 11 is 0. The minimum atomic E-state index is -0.287. The molecule has 0 aromatic rings. The summed E-state index contributed by atoms with van der Waals surface area (Å²) < 4.78 is 0. The van der Waals surface area contributed by atoms with Gasteiger partial charge in [0, 0.05) is 23.5 Å². The summed E-state index contributed by atoms with van der Waals surface area (Å²) in [6.45, 7) is 25.0. The van der Waals surface area contributed by atoms with Gasteiger partial charge in [0.1, 0.15) is 11.4 Å². The van der Waals surface area contributed by atoms with Crippen LogP contribution in [0.25, 0.3) is 0 Å². The first-order valence-corrected chi connectivity index (χ1v) is 12.0. The van der Waals surface area contributed by atoms with Crippen molar-refractivity contribution in [3.05, 3.63) is 59.0 Å². The van der Waals surface area contributed by atoms with E-state index in [1.165, 1.54) is 12.4 Å². The molecule has 0 fully saturated rings. The van der Waals surface area contributed by atoms with Crippen LogP contribution in [0.2, 0.25) is 0 Å². The van der Waals surface area contributed by atoms with Crippen LogP contribution in [0.3, 0.4) is 0 Å². The molecule has 0 aromatic carbocycles. The molecular weight excluding hydrogens is 420 g/mol. The lowest BCUT2D eigenvalue weighted by atomic mass is 9.74. The highest BCUT2D eigenvalue weighted by atomic mass is 16.1. The topological polar surface area (TPSA) is 58.9 Å². The van der Waals surface area contributed by atoms with E-state index >= 15 is 0 Å². The minimum Gasteiger partial charge on any atom is -0.287 e. The Morgan fingerprint density at radius 1 is 0.500 bits per heavy atom. The third kappa shape index (κ3) is 6.49. The van der Waals surface area contributed by atoms with E-state index in [1.54, 1.807) is 0 Å². The van der Waals surface area contributed by atoms with Gasteiger partial charge in [-0.05, 0) is 45.0 Å². The van der Waals surface area contributed by atoms with Gasteiger partial charge in [-0.3, -0.25) is 19.6 Å². The Balaban J connectivity index is 2.46. The van der Waals surface area contributed by atoms with Crippen molar-refractivity contribution in [2.24, 2.45) is 31.6 Å². The fraction of sp³-hybridized carbons (Fsp3) is 0.533. The predicted octanol–water partition coefficient (Wildman–Crippen LogP) is 7.40. The zero-order valence-electron chi connectivity index (χ0n) is 23.2. The first-order chi connectivity index (χ1) is 15.2. The van der Waals surface area contributed by atoms with E-state index in [4.69, 9.17) is 0 Å². The summed E-state index contributed by atoms with van der Waals surface area (Å²) in [5.41, 5.74) is 3.62. The maximum Gasteiger partial charge on any atom is 0.207 e. The van der Waals surface area contributed by atoms with E-state index in [0.29, 0.717) is 11.4 Å². The summed E-state index contributed by atoms with van der Waals surface area (Å²) in [7, 11) is 0. The number of nitrogens with zero attached hydrogens (tertiary/aromatic N) is 2. The van der Waals surface area contributed by atoms with E-state index in [1.807, 2.05) is 65.8 Å². The molecule has 0 saturated carbocycles. The average Bonchev–Trinajstić information content (AvgIpc) is 2.63. The molecule has 4 heteroatoms. The van der Waals surface area contributed by atoms with Gasteiger partial charge < -0.3 is 0 Å². The highest BCUT2D eigenvalue weighted by Gasteiger charge is 2.33. The molecule has 0 amide bonds. The van der Waals surface area contributed by atoms with Crippen molar-refractivity contribution in [2.75, 3.05) is 0 Å². The van der Waals surface area contributed by atoms with Gasteiger partial charge in [0.2, 0.25) is 11.6 Å². The van der Waals surface area contributed by atoms with E-state index < -0.39 is 0 Å². The number of carbonyl (C=O) groups excluding carboxylic acids is 2. The first-order valence-electron chi connectivity index (χ1n) is 12.0. The van der Waals surface area contributed by atoms with Crippen LogP contribution in [0.4, 0.5) is 0 Å². The third-order valence-corrected chi connectivity index (χ3v) is 5.98. The Bertz CT molecular complexity index is 1000. The molecule has 0 saturated heterocycles. The largest absolute Gasteiger partial charge is 0.287 e. The van der Waals surface area contributed by atoms with Crippen molar-refractivity contribution < 1.29 is 9.59 Å². The van der Waals surface area contributed by atoms with Gasteiger partial charge in [-0.1, -0.05) is 95.2 Å². The SMILES string of the molecule is CC(C)(C)C1=CC(=N/C=C/N=C2C=C(C(C)(C)C)C=C(C(C)(C)C)C2=O)C(=O)C(C(C)(C)C)=C1. The summed E-state index contributed by atoms with van der Waals surface area (Å²) in [5.74, 6) is -0.140. The van der Waals surface area contributed by atoms with Gasteiger partial charge in [-0.2, -0.15) is 0 Å². The van der Waals surface area contributed by atoms with Crippen molar-refractivity contribution in [3.8, 4) is 0 Å². The summed E-state index contributed by atoms with van der Waals surface area (Å²) in [6.07, 6.45) is 10.7. The van der Waals surface area contributed by atoms with Gasteiger partial charge in [-0.25, -0.2) is 0 Å². The van der Waals surface area contributed by atoms with Crippen LogP contribution in [-0.4, -0.2) is 23.0 Å². The number of ketones is 2. The van der Waals surface area contributed by atoms with Crippen LogP contribution in [0, 0.1) is 21.7 Å². The molecule has 34 heavy (non-hydrogen) atoms. The Morgan fingerprint density at radius 2 is 0.794 bits per heavy atom. The first kappa shape index (κ1) is 27.6. The fourth-order valence-corrected chi connectivity index (χ4v) is 3.63. The average molecular weight is 463 g/mol. The number of Topliss-reactive ketones (excluding diaryl/α,β-unsaturated/α-hetero) is 2. The second-order valence-corrected chi connectivity index (χ2v) is 13.3. The van der Waals surface area contributed by atoms with E-state index in [0.717, 1.165) is 22.3 Å². The fourth-order valence-electron chi connectivity index (χ4n) is 3.63. The van der Waals surface area contributed by atoms with Gasteiger partial charge >= 0.3 is 0 Å². The van der Waals surface area contributed by atoms with Crippen molar-refractivity contribution in [1.82, 2.24) is 0 Å². The highest BCUT2D eigenvalue weighted by Crippen LogP contribution is 2.37. The lowest BCUT2D eigenvalue weighted by Crippen LogP contribution is -2.29. The predicted molar refractivity (Wildman–Crippen MR) is 144 cm³/mol. The lowest BCUT2D eigenvalue weighted by Gasteiger charge is -2.30. The van der Waals surface area contributed by atoms with E-state index in [-0.39, 0.29) is 33.2 Å². The summed E-state index contributed by atoms with van der Waals surface area (Å²) in [4.78, 5) is 35.1. The summed E-state index contributed by atoms with van der Waals surface area (Å²) in [6, 6.07) is 0. The normalized spacial score (nSPS) is 21.2. The number of aliphatic imine (C=N–C) groups is 2. The zero-order chi connectivity index (χ0) is 26.3. The van der Waals surface area contributed by atoms with Crippen LogP contribution >= 0.6 is 0 Å². The molecule has 0 spiro atoms. The number of carbonyl (C=O) groups is 2. The monoisotopic (exact) mass is 462 g/mol. The number of allylic oxidation sites excluding steroid dienone is 8. The van der Waals surface area contributed by atoms with Crippen LogP contribution in [0.1, 0.15) is 83.1 Å². The van der Waals surface area contributed by atoms with Crippen molar-refractivity contribution in [3.63, 3.8) is 0 Å². The molecule has 2 rings (SSSR count). The molecule has 0 heterocycles. The summed E-state index contributed by atoms with van der Waals surface area (Å²) in [5, 5.41) is 0. The van der Waals surface area contributed by atoms with Crippen molar-refractivity contribution in [2.45, 2.75) is 83.1 Å². The van der Waals surface area contributed by atoms with Gasteiger partial charge in [-0.15, -0.1) is 0 Å². The molecule has 0 radical (unpaired) electrons. The Labute approximate surface area is 206 Å². The molecule has 4 nitrogen and oxygen atoms in total. The molecule has 0 aliphatic heterocycles. The number of hydrogen-bond donors (Lipinski definition) is 0. The molecule has 184 valence electrons. The van der Waals surface area contributed by atoms with Crippen LogP contribution < -0.4 is 0 Å². The minimum absolute atomic E-state index is 0.0700. The van der Waals surface area contributed by atoms with Crippen molar-refractivity contribution in [1.29, 1.82) is 0 Å². The van der Waals surface area contributed by atoms with E-state index in [9.17, 15) is 9.59 Å². The molecule has 0 atom stereocenters.